The first-order valence-corrected chi connectivity index (χ1v) is 5.40. The molecule has 0 amide bonds. The molecule has 0 saturated heterocycles. The molecule has 9 nitrogen and oxygen atoms in total. The summed E-state index contributed by atoms with van der Waals surface area (Å²) < 4.78 is 1.61. The number of aromatic carboxylic acids is 1. The topological polar surface area (TPSA) is 139 Å². The summed E-state index contributed by atoms with van der Waals surface area (Å²) in [5, 5.41) is 11.6. The second-order valence-corrected chi connectivity index (χ2v) is 3.72. The van der Waals surface area contributed by atoms with Crippen molar-refractivity contribution in [3.05, 3.63) is 34.9 Å². The monoisotopic (exact) mass is 264 g/mol. The number of nitrogen functional groups attached to an aromatic ring is 1. The molecule has 0 radical (unpaired) electrons. The van der Waals surface area contributed by atoms with E-state index in [0.29, 0.717) is 18.9 Å². The molecule has 0 bridgehead atoms. The number of aromatic amines is 1. The van der Waals surface area contributed by atoms with Crippen LogP contribution in [0.5, 0.6) is 0 Å². The number of H-pyrrole nitrogens is 1. The quantitative estimate of drug-likeness (QED) is 0.563. The molecule has 0 spiro atoms. The Hall–Kier alpha value is -2.84. The number of carboxylic acids is 1. The van der Waals surface area contributed by atoms with Gasteiger partial charge in [0, 0.05) is 19.3 Å². The third kappa shape index (κ3) is 2.89. The number of anilines is 2. The van der Waals surface area contributed by atoms with Gasteiger partial charge in [0.05, 0.1) is 12.7 Å². The molecule has 0 unspecified atom stereocenters. The molecule has 0 aliphatic heterocycles. The Kier molecular flexibility index (Phi) is 3.46. The Bertz CT molecular complexity index is 647. The van der Waals surface area contributed by atoms with E-state index in [1.165, 1.54) is 18.9 Å². The fourth-order valence-corrected chi connectivity index (χ4v) is 1.45. The zero-order valence-electron chi connectivity index (χ0n) is 9.83. The maximum absolute atomic E-state index is 11.2. The van der Waals surface area contributed by atoms with Gasteiger partial charge >= 0.3 is 5.97 Å². The lowest BCUT2D eigenvalue weighted by Crippen LogP contribution is -2.18. The van der Waals surface area contributed by atoms with Crippen LogP contribution in [0.25, 0.3) is 0 Å². The second-order valence-electron chi connectivity index (χ2n) is 3.72. The summed E-state index contributed by atoms with van der Waals surface area (Å²) in [6.07, 6.45) is 4.08. The normalized spacial score (nSPS) is 10.3. The fraction of sp³-hybridized carbons (Fsp3) is 0.200. The average molecular weight is 264 g/mol. The van der Waals surface area contributed by atoms with Gasteiger partial charge < -0.3 is 25.7 Å². The number of imidazole rings is 1. The van der Waals surface area contributed by atoms with Gasteiger partial charge in [0.1, 0.15) is 5.69 Å². The van der Waals surface area contributed by atoms with Gasteiger partial charge in [-0.2, -0.15) is 0 Å². The van der Waals surface area contributed by atoms with Crippen LogP contribution < -0.4 is 16.6 Å². The van der Waals surface area contributed by atoms with Crippen LogP contribution in [0.1, 0.15) is 10.5 Å². The Balaban J connectivity index is 1.94. The highest BCUT2D eigenvalue weighted by Crippen LogP contribution is 2.06. The number of carboxylic acid groups (broad SMARTS) is 1. The SMILES string of the molecule is Nc1c(NCCn2cnc(C(=O)O)c2)nc[nH]c1=O. The highest BCUT2D eigenvalue weighted by Gasteiger charge is 2.07. The molecule has 0 saturated carbocycles. The predicted molar refractivity (Wildman–Crippen MR) is 66.9 cm³/mol. The van der Waals surface area contributed by atoms with Crippen LogP contribution in [-0.2, 0) is 6.54 Å². The summed E-state index contributed by atoms with van der Waals surface area (Å²) in [6, 6.07) is 0. The third-order valence-electron chi connectivity index (χ3n) is 2.40. The lowest BCUT2D eigenvalue weighted by atomic mass is 10.4. The van der Waals surface area contributed by atoms with Crippen LogP contribution in [0.4, 0.5) is 11.5 Å². The van der Waals surface area contributed by atoms with E-state index in [4.69, 9.17) is 10.8 Å². The zero-order valence-corrected chi connectivity index (χ0v) is 9.83. The summed E-state index contributed by atoms with van der Waals surface area (Å²) in [7, 11) is 0. The van der Waals surface area contributed by atoms with Gasteiger partial charge in [0.15, 0.2) is 11.5 Å². The molecule has 0 fully saturated rings. The average Bonchev–Trinajstić information content (AvgIpc) is 2.83. The minimum Gasteiger partial charge on any atom is -0.476 e. The maximum Gasteiger partial charge on any atom is 0.356 e. The van der Waals surface area contributed by atoms with Crippen LogP contribution in [-0.4, -0.2) is 37.1 Å². The first-order valence-electron chi connectivity index (χ1n) is 5.40. The molecule has 19 heavy (non-hydrogen) atoms. The van der Waals surface area contributed by atoms with E-state index in [9.17, 15) is 9.59 Å². The Morgan fingerprint density at radius 1 is 1.53 bits per heavy atom. The second kappa shape index (κ2) is 5.21. The van der Waals surface area contributed by atoms with E-state index >= 15 is 0 Å². The molecule has 2 heterocycles. The van der Waals surface area contributed by atoms with Gasteiger partial charge in [-0.25, -0.2) is 14.8 Å². The van der Waals surface area contributed by atoms with Crippen LogP contribution in [0.3, 0.4) is 0 Å². The highest BCUT2D eigenvalue weighted by molar-refractivity contribution is 5.84. The smallest absolute Gasteiger partial charge is 0.356 e. The minimum atomic E-state index is -1.08. The molecular formula is C10H12N6O3. The van der Waals surface area contributed by atoms with Crippen LogP contribution in [0.2, 0.25) is 0 Å². The number of aromatic nitrogens is 4. The number of nitrogens with one attached hydrogen (secondary N) is 2. The lowest BCUT2D eigenvalue weighted by molar-refractivity contribution is 0.0691. The van der Waals surface area contributed by atoms with E-state index in [0.717, 1.165) is 0 Å². The first-order chi connectivity index (χ1) is 9.08. The van der Waals surface area contributed by atoms with Crippen molar-refractivity contribution in [3.63, 3.8) is 0 Å². The number of hydrogen-bond acceptors (Lipinski definition) is 6. The standard InChI is InChI=1S/C10H12N6O3/c11-7-8(13-4-14-9(7)17)12-1-2-16-3-6(10(18)19)15-5-16/h3-5H,1-2,11H2,(H,18,19)(H2,12,13,14,17). The van der Waals surface area contributed by atoms with Crippen molar-refractivity contribution >= 4 is 17.5 Å². The highest BCUT2D eigenvalue weighted by atomic mass is 16.4. The van der Waals surface area contributed by atoms with Crippen molar-refractivity contribution in [3.8, 4) is 0 Å². The molecule has 0 aliphatic carbocycles. The van der Waals surface area contributed by atoms with E-state index in [2.05, 4.69) is 20.3 Å². The molecule has 2 aromatic rings. The van der Waals surface area contributed by atoms with E-state index in [1.54, 1.807) is 4.57 Å². The number of carbonyl (C=O) groups is 1. The van der Waals surface area contributed by atoms with Crippen molar-refractivity contribution in [2.75, 3.05) is 17.6 Å². The van der Waals surface area contributed by atoms with Crippen molar-refractivity contribution in [2.24, 2.45) is 0 Å². The lowest BCUT2D eigenvalue weighted by Gasteiger charge is -2.07. The molecular weight excluding hydrogens is 252 g/mol. The van der Waals surface area contributed by atoms with Gasteiger partial charge in [0.25, 0.3) is 5.56 Å². The largest absolute Gasteiger partial charge is 0.476 e. The van der Waals surface area contributed by atoms with E-state index in [1.807, 2.05) is 0 Å². The summed E-state index contributed by atoms with van der Waals surface area (Å²) in [6.45, 7) is 0.893. The number of nitrogens with zero attached hydrogens (tertiary/aromatic N) is 3. The van der Waals surface area contributed by atoms with E-state index < -0.39 is 11.5 Å². The van der Waals surface area contributed by atoms with Crippen LogP contribution >= 0.6 is 0 Å². The van der Waals surface area contributed by atoms with Gasteiger partial charge in [-0.1, -0.05) is 0 Å². The molecule has 9 heteroatoms. The fourth-order valence-electron chi connectivity index (χ4n) is 1.45. The first kappa shape index (κ1) is 12.6. The molecule has 0 aromatic carbocycles. The Morgan fingerprint density at radius 3 is 3.00 bits per heavy atom. The molecule has 0 aliphatic rings. The summed E-state index contributed by atoms with van der Waals surface area (Å²) >= 11 is 0. The third-order valence-corrected chi connectivity index (χ3v) is 2.40. The summed E-state index contributed by atoms with van der Waals surface area (Å²) in [4.78, 5) is 31.8. The number of hydrogen-bond donors (Lipinski definition) is 4. The molecule has 0 atom stereocenters. The Labute approximate surface area is 107 Å². The van der Waals surface area contributed by atoms with Crippen LogP contribution in [0, 0.1) is 0 Å². The number of nitrogens with two attached hydrogens (primary N) is 1. The van der Waals surface area contributed by atoms with Crippen LogP contribution in [0.15, 0.2) is 23.6 Å². The molecule has 2 rings (SSSR count). The van der Waals surface area contributed by atoms with Gasteiger partial charge in [0.2, 0.25) is 0 Å². The Morgan fingerprint density at radius 2 is 2.32 bits per heavy atom. The van der Waals surface area contributed by atoms with Crippen molar-refractivity contribution < 1.29 is 9.90 Å². The molecule has 2 aromatic heterocycles. The van der Waals surface area contributed by atoms with Gasteiger partial charge in [-0.3, -0.25) is 4.79 Å². The van der Waals surface area contributed by atoms with Crippen molar-refractivity contribution in [1.82, 2.24) is 19.5 Å². The van der Waals surface area contributed by atoms with Gasteiger partial charge in [-0.05, 0) is 0 Å². The van der Waals surface area contributed by atoms with Crippen molar-refractivity contribution in [2.45, 2.75) is 6.54 Å². The minimum absolute atomic E-state index is 0.0133. The molecule has 5 N–H and O–H groups in total. The number of rotatable bonds is 5. The van der Waals surface area contributed by atoms with E-state index in [-0.39, 0.29) is 11.4 Å². The van der Waals surface area contributed by atoms with Gasteiger partial charge in [-0.15, -0.1) is 0 Å². The summed E-state index contributed by atoms with van der Waals surface area (Å²) in [5.74, 6) is -0.783. The molecule has 100 valence electrons. The maximum atomic E-state index is 11.2. The zero-order chi connectivity index (χ0) is 13.8. The van der Waals surface area contributed by atoms with Crippen molar-refractivity contribution in [1.29, 1.82) is 0 Å². The summed E-state index contributed by atoms with van der Waals surface area (Å²) in [5.41, 5.74) is 5.12. The predicted octanol–water partition coefficient (Wildman–Crippen LogP) is -0.641.